The molecule has 3 rings (SSSR count). The Morgan fingerprint density at radius 3 is 2.42 bits per heavy atom. The smallest absolute Gasteiger partial charge is 0.316 e. The highest BCUT2D eigenvalue weighted by molar-refractivity contribution is 6.43. The number of rotatable bonds is 8. The lowest BCUT2D eigenvalue weighted by atomic mass is 10.1. The number of aromatic nitrogens is 2. The van der Waals surface area contributed by atoms with Crippen LogP contribution in [0.2, 0.25) is 15.1 Å². The molecule has 0 atom stereocenters. The Balaban J connectivity index is 1.40. The van der Waals surface area contributed by atoms with Crippen LogP contribution in [0, 0.1) is 6.92 Å². The van der Waals surface area contributed by atoms with Crippen molar-refractivity contribution in [3.63, 3.8) is 0 Å². The third-order valence-electron chi connectivity index (χ3n) is 4.00. The quantitative estimate of drug-likeness (QED) is 0.371. The molecule has 2 aromatic carbocycles. The highest BCUT2D eigenvalue weighted by Crippen LogP contribution is 2.33. The van der Waals surface area contributed by atoms with E-state index in [0.29, 0.717) is 5.82 Å². The number of aryl methyl sites for hydroxylation is 1. The van der Waals surface area contributed by atoms with E-state index >= 15 is 0 Å². The zero-order valence-electron chi connectivity index (χ0n) is 16.2. The largest absolute Gasteiger partial charge is 0.482 e. The van der Waals surface area contributed by atoms with Crippen LogP contribution in [-0.2, 0) is 4.79 Å². The van der Waals surface area contributed by atoms with Crippen LogP contribution in [0.5, 0.6) is 5.75 Å². The van der Waals surface area contributed by atoms with Gasteiger partial charge in [-0.1, -0.05) is 69.8 Å². The second-order valence-corrected chi connectivity index (χ2v) is 7.60. The Labute approximate surface area is 192 Å². The van der Waals surface area contributed by atoms with Gasteiger partial charge in [0.05, 0.1) is 15.1 Å². The monoisotopic (exact) mass is 482 g/mol. The van der Waals surface area contributed by atoms with Crippen molar-refractivity contribution < 1.29 is 18.8 Å². The number of nitrogens with one attached hydrogen (secondary N) is 2. The van der Waals surface area contributed by atoms with E-state index in [9.17, 15) is 9.59 Å². The standard InChI is InChI=1S/C20H17Cl3N4O4/c1-11-2-4-12(5-3-11)18-26-20(31-27-18)19(29)25-7-6-24-17(28)10-30-16-9-14(22)13(21)8-15(16)23/h2-5,8-9H,6-7,10H2,1H3,(H,24,28)(H,25,29). The number of ether oxygens (including phenoxy) is 1. The molecule has 0 radical (unpaired) electrons. The summed E-state index contributed by atoms with van der Waals surface area (Å²) >= 11 is 17.7. The lowest BCUT2D eigenvalue weighted by molar-refractivity contribution is -0.123. The van der Waals surface area contributed by atoms with Crippen LogP contribution in [0.15, 0.2) is 40.9 Å². The molecule has 1 aromatic heterocycles. The summed E-state index contributed by atoms with van der Waals surface area (Å²) in [7, 11) is 0. The molecule has 0 saturated carbocycles. The van der Waals surface area contributed by atoms with Crippen molar-refractivity contribution in [2.75, 3.05) is 19.7 Å². The van der Waals surface area contributed by atoms with E-state index in [0.717, 1.165) is 11.1 Å². The molecule has 2 N–H and O–H groups in total. The number of hydrogen-bond donors (Lipinski definition) is 2. The fourth-order valence-corrected chi connectivity index (χ4v) is 2.99. The van der Waals surface area contributed by atoms with E-state index in [-0.39, 0.29) is 46.4 Å². The van der Waals surface area contributed by atoms with Gasteiger partial charge in [0.2, 0.25) is 5.82 Å². The molecular weight excluding hydrogens is 467 g/mol. The van der Waals surface area contributed by atoms with Crippen molar-refractivity contribution in [3.05, 3.63) is 62.9 Å². The molecule has 0 bridgehead atoms. The van der Waals surface area contributed by atoms with Gasteiger partial charge >= 0.3 is 11.8 Å². The summed E-state index contributed by atoms with van der Waals surface area (Å²) < 4.78 is 10.3. The van der Waals surface area contributed by atoms with Crippen LogP contribution >= 0.6 is 34.8 Å². The second kappa shape index (κ2) is 10.5. The molecule has 2 amide bonds. The van der Waals surface area contributed by atoms with Crippen molar-refractivity contribution in [2.24, 2.45) is 0 Å². The number of amides is 2. The fourth-order valence-electron chi connectivity index (χ4n) is 2.40. The first-order valence-electron chi connectivity index (χ1n) is 9.06. The lowest BCUT2D eigenvalue weighted by Gasteiger charge is -2.10. The highest BCUT2D eigenvalue weighted by atomic mass is 35.5. The van der Waals surface area contributed by atoms with Gasteiger partial charge < -0.3 is 19.9 Å². The minimum Gasteiger partial charge on any atom is -0.482 e. The molecule has 0 aliphatic rings. The number of carbonyl (C=O) groups is 2. The van der Waals surface area contributed by atoms with E-state index in [4.69, 9.17) is 44.1 Å². The van der Waals surface area contributed by atoms with Gasteiger partial charge in [-0.15, -0.1) is 0 Å². The molecule has 0 spiro atoms. The molecule has 0 fully saturated rings. The summed E-state index contributed by atoms with van der Waals surface area (Å²) in [4.78, 5) is 28.1. The molecular formula is C20H17Cl3N4O4. The number of benzene rings is 2. The molecule has 0 saturated heterocycles. The summed E-state index contributed by atoms with van der Waals surface area (Å²) in [6, 6.07) is 10.3. The number of halogens is 3. The van der Waals surface area contributed by atoms with Crippen molar-refractivity contribution in [3.8, 4) is 17.1 Å². The van der Waals surface area contributed by atoms with E-state index in [1.807, 2.05) is 31.2 Å². The molecule has 0 aliphatic heterocycles. The summed E-state index contributed by atoms with van der Waals surface area (Å²) in [5.41, 5.74) is 1.83. The summed E-state index contributed by atoms with van der Waals surface area (Å²) in [6.07, 6.45) is 0. The van der Waals surface area contributed by atoms with Crippen molar-refractivity contribution >= 4 is 46.6 Å². The lowest BCUT2D eigenvalue weighted by Crippen LogP contribution is -2.36. The number of carbonyl (C=O) groups excluding carboxylic acids is 2. The second-order valence-electron chi connectivity index (χ2n) is 6.38. The molecule has 1 heterocycles. The zero-order valence-corrected chi connectivity index (χ0v) is 18.5. The average molecular weight is 484 g/mol. The molecule has 11 heteroatoms. The van der Waals surface area contributed by atoms with Gasteiger partial charge in [0.15, 0.2) is 6.61 Å². The van der Waals surface area contributed by atoms with Gasteiger partial charge in [0, 0.05) is 24.7 Å². The summed E-state index contributed by atoms with van der Waals surface area (Å²) in [5.74, 6) is -0.564. The SMILES string of the molecule is Cc1ccc(-c2noc(C(=O)NCCNC(=O)COc3cc(Cl)c(Cl)cc3Cl)n2)cc1. The molecule has 31 heavy (non-hydrogen) atoms. The number of nitrogens with zero attached hydrogens (tertiary/aromatic N) is 2. The molecule has 0 aliphatic carbocycles. The minimum absolute atomic E-state index is 0.153. The topological polar surface area (TPSA) is 106 Å². The van der Waals surface area contributed by atoms with Gasteiger partial charge in [-0.3, -0.25) is 9.59 Å². The van der Waals surface area contributed by atoms with Crippen LogP contribution in [0.3, 0.4) is 0 Å². The van der Waals surface area contributed by atoms with E-state index in [2.05, 4.69) is 20.8 Å². The fraction of sp³-hybridized carbons (Fsp3) is 0.200. The Morgan fingerprint density at radius 2 is 1.68 bits per heavy atom. The third kappa shape index (κ3) is 6.33. The van der Waals surface area contributed by atoms with Gasteiger partial charge in [-0.05, 0) is 13.0 Å². The molecule has 8 nitrogen and oxygen atoms in total. The van der Waals surface area contributed by atoms with Crippen LogP contribution in [0.1, 0.15) is 16.2 Å². The molecule has 3 aromatic rings. The maximum atomic E-state index is 12.1. The van der Waals surface area contributed by atoms with E-state index in [1.165, 1.54) is 12.1 Å². The zero-order chi connectivity index (χ0) is 22.4. The van der Waals surface area contributed by atoms with Crippen LogP contribution < -0.4 is 15.4 Å². The van der Waals surface area contributed by atoms with Gasteiger partial charge in [0.25, 0.3) is 5.91 Å². The first-order chi connectivity index (χ1) is 14.8. The maximum absolute atomic E-state index is 12.1. The average Bonchev–Trinajstić information content (AvgIpc) is 3.23. The summed E-state index contributed by atoms with van der Waals surface area (Å²) in [6.45, 7) is 2.00. The van der Waals surface area contributed by atoms with Crippen molar-refractivity contribution in [2.45, 2.75) is 6.92 Å². The Bertz CT molecular complexity index is 1090. The van der Waals surface area contributed by atoms with Gasteiger partial charge in [-0.2, -0.15) is 4.98 Å². The van der Waals surface area contributed by atoms with Gasteiger partial charge in [0.1, 0.15) is 5.75 Å². The number of hydrogen-bond acceptors (Lipinski definition) is 6. The van der Waals surface area contributed by atoms with Crippen molar-refractivity contribution in [1.82, 2.24) is 20.8 Å². The Hall–Kier alpha value is -2.81. The normalized spacial score (nSPS) is 10.6. The maximum Gasteiger partial charge on any atom is 0.316 e. The predicted octanol–water partition coefficient (Wildman–Crippen LogP) is 3.93. The Kier molecular flexibility index (Phi) is 7.73. The van der Waals surface area contributed by atoms with Crippen LogP contribution in [0.4, 0.5) is 0 Å². The molecule has 162 valence electrons. The third-order valence-corrected chi connectivity index (χ3v) is 5.01. The molecule has 0 unspecified atom stereocenters. The van der Waals surface area contributed by atoms with Crippen LogP contribution in [0.25, 0.3) is 11.4 Å². The van der Waals surface area contributed by atoms with Crippen molar-refractivity contribution in [1.29, 1.82) is 0 Å². The van der Waals surface area contributed by atoms with Crippen LogP contribution in [-0.4, -0.2) is 41.7 Å². The first-order valence-corrected chi connectivity index (χ1v) is 10.2. The van der Waals surface area contributed by atoms with E-state index in [1.54, 1.807) is 0 Å². The van der Waals surface area contributed by atoms with E-state index < -0.39 is 11.8 Å². The summed E-state index contributed by atoms with van der Waals surface area (Å²) in [5, 5.41) is 9.76. The minimum atomic E-state index is -0.543. The Morgan fingerprint density at radius 1 is 1.00 bits per heavy atom. The van der Waals surface area contributed by atoms with Gasteiger partial charge in [-0.25, -0.2) is 0 Å². The highest BCUT2D eigenvalue weighted by Gasteiger charge is 2.16. The predicted molar refractivity (Wildman–Crippen MR) is 117 cm³/mol. The first kappa shape index (κ1) is 22.9.